The van der Waals surface area contributed by atoms with Crippen LogP contribution in [0.1, 0.15) is 28.4 Å². The second-order valence-electron chi connectivity index (χ2n) is 6.38. The van der Waals surface area contributed by atoms with E-state index in [9.17, 15) is 13.2 Å². The van der Waals surface area contributed by atoms with Crippen LogP contribution in [0.2, 0.25) is 0 Å². The summed E-state index contributed by atoms with van der Waals surface area (Å²) >= 11 is 0. The molecule has 3 rings (SSSR count). The minimum atomic E-state index is -3.76. The highest BCUT2D eigenvalue weighted by atomic mass is 32.2. The Bertz CT molecular complexity index is 1140. The van der Waals surface area contributed by atoms with Crippen molar-refractivity contribution in [3.8, 4) is 0 Å². The highest BCUT2D eigenvalue weighted by Gasteiger charge is 2.13. The van der Waals surface area contributed by atoms with Crippen molar-refractivity contribution in [2.45, 2.75) is 18.7 Å². The normalized spacial score (nSPS) is 11.7. The fourth-order valence-electron chi connectivity index (χ4n) is 2.49. The molecule has 0 saturated carbocycles. The molecule has 0 saturated heterocycles. The molecule has 1 amide bonds. The van der Waals surface area contributed by atoms with Gasteiger partial charge in [-0.2, -0.15) is 18.4 Å². The summed E-state index contributed by atoms with van der Waals surface area (Å²) in [6.07, 6.45) is 3.07. The fourth-order valence-corrected chi connectivity index (χ4v) is 3.34. The van der Waals surface area contributed by atoms with E-state index in [1.165, 1.54) is 18.3 Å². The molecular weight excluding hydrogens is 388 g/mol. The Labute approximate surface area is 169 Å². The highest BCUT2D eigenvalue weighted by Crippen LogP contribution is 2.14. The smallest absolute Gasteiger partial charge is 0.276 e. The van der Waals surface area contributed by atoms with Gasteiger partial charge in [0.15, 0.2) is 0 Å². The molecule has 1 heterocycles. The van der Waals surface area contributed by atoms with Crippen LogP contribution in [-0.4, -0.2) is 25.0 Å². The second-order valence-corrected chi connectivity index (χ2v) is 8.04. The third kappa shape index (κ3) is 5.26. The molecule has 0 atom stereocenters. The number of hydrazone groups is 1. The van der Waals surface area contributed by atoms with Gasteiger partial charge in [0.1, 0.15) is 0 Å². The van der Waals surface area contributed by atoms with Crippen LogP contribution in [0.3, 0.4) is 0 Å². The summed E-state index contributed by atoms with van der Waals surface area (Å²) in [5.41, 5.74) is 3.09. The first-order valence-corrected chi connectivity index (χ1v) is 10.3. The van der Waals surface area contributed by atoms with Crippen LogP contribution in [0.5, 0.6) is 0 Å². The number of pyridine rings is 1. The third-order valence-corrected chi connectivity index (χ3v) is 5.35. The summed E-state index contributed by atoms with van der Waals surface area (Å²) < 4.78 is 24.7. The van der Waals surface area contributed by atoms with E-state index in [1.54, 1.807) is 61.7 Å². The standard InChI is InChI=1S/C21H20N4O3S/c1-15-8-10-20(11-9-15)29(27,28)25-24-16(2)17-5-3-7-19(13-17)23-21(26)18-6-4-12-22-14-18/h3-14,25H,1-2H3,(H,23,26)/b24-16+. The van der Waals surface area contributed by atoms with E-state index >= 15 is 0 Å². The summed E-state index contributed by atoms with van der Waals surface area (Å²) in [6, 6.07) is 16.8. The van der Waals surface area contributed by atoms with Crippen molar-refractivity contribution in [1.29, 1.82) is 0 Å². The van der Waals surface area contributed by atoms with Crippen molar-refractivity contribution < 1.29 is 13.2 Å². The maximum Gasteiger partial charge on any atom is 0.276 e. The minimum absolute atomic E-state index is 0.136. The van der Waals surface area contributed by atoms with Crippen LogP contribution < -0.4 is 10.1 Å². The van der Waals surface area contributed by atoms with Crippen LogP contribution >= 0.6 is 0 Å². The highest BCUT2D eigenvalue weighted by molar-refractivity contribution is 7.89. The lowest BCUT2D eigenvalue weighted by Crippen LogP contribution is -2.20. The number of sulfonamides is 1. The SMILES string of the molecule is C/C(=N\NS(=O)(=O)c1ccc(C)cc1)c1cccc(NC(=O)c2cccnc2)c1. The van der Waals surface area contributed by atoms with Crippen molar-refractivity contribution >= 4 is 27.3 Å². The maximum absolute atomic E-state index is 12.4. The largest absolute Gasteiger partial charge is 0.322 e. The van der Waals surface area contributed by atoms with Crippen LogP contribution in [0.25, 0.3) is 0 Å². The molecule has 3 aromatic rings. The molecule has 2 aromatic carbocycles. The molecule has 0 unspecified atom stereocenters. The van der Waals surface area contributed by atoms with Crippen molar-refractivity contribution in [1.82, 2.24) is 9.82 Å². The first kappa shape index (κ1) is 20.2. The van der Waals surface area contributed by atoms with Gasteiger partial charge in [0, 0.05) is 18.1 Å². The Morgan fingerprint density at radius 1 is 1.00 bits per heavy atom. The van der Waals surface area contributed by atoms with E-state index in [0.717, 1.165) is 5.56 Å². The summed E-state index contributed by atoms with van der Waals surface area (Å²) in [5.74, 6) is -0.287. The van der Waals surface area contributed by atoms with Crippen molar-refractivity contribution in [3.63, 3.8) is 0 Å². The number of carbonyl (C=O) groups is 1. The first-order chi connectivity index (χ1) is 13.8. The molecule has 7 nitrogen and oxygen atoms in total. The van der Waals surface area contributed by atoms with Crippen molar-refractivity contribution in [3.05, 3.63) is 89.7 Å². The van der Waals surface area contributed by atoms with Gasteiger partial charge in [0.25, 0.3) is 15.9 Å². The average molecular weight is 408 g/mol. The molecule has 0 fully saturated rings. The number of nitrogens with zero attached hydrogens (tertiary/aromatic N) is 2. The van der Waals surface area contributed by atoms with Crippen molar-refractivity contribution in [2.24, 2.45) is 5.10 Å². The van der Waals surface area contributed by atoms with Crippen molar-refractivity contribution in [2.75, 3.05) is 5.32 Å². The summed E-state index contributed by atoms with van der Waals surface area (Å²) in [6.45, 7) is 3.56. The molecule has 0 aliphatic carbocycles. The summed E-state index contributed by atoms with van der Waals surface area (Å²) in [7, 11) is -3.76. The average Bonchev–Trinajstić information content (AvgIpc) is 2.73. The molecule has 0 spiro atoms. The molecule has 0 bridgehead atoms. The predicted octanol–water partition coefficient (Wildman–Crippen LogP) is 3.34. The summed E-state index contributed by atoms with van der Waals surface area (Å²) in [4.78, 5) is 18.6. The quantitative estimate of drug-likeness (QED) is 0.482. The molecule has 0 aliphatic rings. The van der Waals surface area contributed by atoms with E-state index in [2.05, 4.69) is 20.2 Å². The Morgan fingerprint density at radius 3 is 2.41 bits per heavy atom. The van der Waals surface area contributed by atoms with Gasteiger partial charge >= 0.3 is 0 Å². The van der Waals surface area contributed by atoms with E-state index in [0.29, 0.717) is 22.5 Å². The summed E-state index contributed by atoms with van der Waals surface area (Å²) in [5, 5.41) is 6.78. The van der Waals surface area contributed by atoms with Gasteiger partial charge in [-0.25, -0.2) is 0 Å². The first-order valence-electron chi connectivity index (χ1n) is 8.80. The topological polar surface area (TPSA) is 101 Å². The second kappa shape index (κ2) is 8.66. The molecule has 2 N–H and O–H groups in total. The van der Waals surface area contributed by atoms with Crippen LogP contribution in [-0.2, 0) is 10.0 Å². The lowest BCUT2D eigenvalue weighted by molar-refractivity contribution is 0.102. The Kier molecular flexibility index (Phi) is 6.04. The number of hydrogen-bond acceptors (Lipinski definition) is 5. The van der Waals surface area contributed by atoms with E-state index in [-0.39, 0.29) is 10.8 Å². The molecule has 148 valence electrons. The van der Waals surface area contributed by atoms with E-state index in [1.807, 2.05) is 6.92 Å². The number of benzene rings is 2. The van der Waals surface area contributed by atoms with Gasteiger partial charge in [-0.1, -0.05) is 29.8 Å². The van der Waals surface area contributed by atoms with Gasteiger partial charge in [-0.3, -0.25) is 9.78 Å². The number of carbonyl (C=O) groups excluding carboxylic acids is 1. The van der Waals surface area contributed by atoms with E-state index < -0.39 is 10.0 Å². The monoisotopic (exact) mass is 408 g/mol. The van der Waals surface area contributed by atoms with Gasteiger partial charge in [-0.15, -0.1) is 0 Å². The zero-order valence-electron chi connectivity index (χ0n) is 16.0. The Morgan fingerprint density at radius 2 is 1.72 bits per heavy atom. The van der Waals surface area contributed by atoms with Gasteiger partial charge in [-0.05, 0) is 55.8 Å². The number of aryl methyl sites for hydroxylation is 1. The zero-order chi connectivity index (χ0) is 20.9. The molecule has 0 aliphatic heterocycles. The third-order valence-electron chi connectivity index (χ3n) is 4.13. The molecule has 1 aromatic heterocycles. The van der Waals surface area contributed by atoms with E-state index in [4.69, 9.17) is 0 Å². The lowest BCUT2D eigenvalue weighted by atomic mass is 10.1. The van der Waals surface area contributed by atoms with Gasteiger partial charge in [0.05, 0.1) is 16.2 Å². The minimum Gasteiger partial charge on any atom is -0.322 e. The number of nitrogens with one attached hydrogen (secondary N) is 2. The lowest BCUT2D eigenvalue weighted by Gasteiger charge is -2.08. The Balaban J connectivity index is 1.74. The Hall–Kier alpha value is -3.52. The van der Waals surface area contributed by atoms with Gasteiger partial charge in [0.2, 0.25) is 0 Å². The molecule has 29 heavy (non-hydrogen) atoms. The number of rotatable bonds is 6. The number of hydrogen-bond donors (Lipinski definition) is 2. The predicted molar refractivity (Wildman–Crippen MR) is 112 cm³/mol. The van der Waals surface area contributed by atoms with Gasteiger partial charge < -0.3 is 5.32 Å². The fraction of sp³-hybridized carbons (Fsp3) is 0.0952. The van der Waals surface area contributed by atoms with Crippen LogP contribution in [0, 0.1) is 6.92 Å². The maximum atomic E-state index is 12.4. The van der Waals surface area contributed by atoms with Crippen LogP contribution in [0.4, 0.5) is 5.69 Å². The molecular formula is C21H20N4O3S. The van der Waals surface area contributed by atoms with Crippen LogP contribution in [0.15, 0.2) is 83.1 Å². The molecule has 0 radical (unpaired) electrons. The number of amides is 1. The zero-order valence-corrected chi connectivity index (χ0v) is 16.8. The number of anilines is 1. The molecule has 8 heteroatoms. The number of aromatic nitrogens is 1.